The van der Waals surface area contributed by atoms with Gasteiger partial charge in [0, 0.05) is 16.9 Å². The normalized spacial score (nSPS) is 12.7. The third-order valence-corrected chi connectivity index (χ3v) is 8.96. The molecule has 0 heterocycles. The van der Waals surface area contributed by atoms with Crippen LogP contribution in [0, 0.1) is 0 Å². The summed E-state index contributed by atoms with van der Waals surface area (Å²) >= 11 is 0. The molecule has 0 atom stereocenters. The minimum absolute atomic E-state index is 0.396. The van der Waals surface area contributed by atoms with E-state index >= 15 is 0 Å². The van der Waals surface area contributed by atoms with Crippen LogP contribution in [0.25, 0.3) is 22.3 Å². The first-order valence-electron chi connectivity index (χ1n) is 15.2. The van der Waals surface area contributed by atoms with E-state index in [1.165, 1.54) is 44.5 Å². The summed E-state index contributed by atoms with van der Waals surface area (Å²) in [6, 6.07) is 68.0. The average Bonchev–Trinajstić information content (AvgIpc) is 3.41. The van der Waals surface area contributed by atoms with E-state index in [2.05, 4.69) is 193 Å². The Hall–Kier alpha value is -5.66. The second-order valence-electron chi connectivity index (χ2n) is 11.3. The molecule has 0 saturated heterocycles. The molecule has 0 N–H and O–H groups in total. The average molecular weight is 562 g/mol. The molecular formula is C43H31N. The van der Waals surface area contributed by atoms with Crippen molar-refractivity contribution in [2.45, 2.75) is 5.41 Å². The molecule has 0 aromatic heterocycles. The maximum atomic E-state index is 2.35. The maximum absolute atomic E-state index is 2.35. The Kier molecular flexibility index (Phi) is 6.43. The predicted octanol–water partition coefficient (Wildman–Crippen LogP) is 11.2. The molecule has 1 heteroatoms. The molecule has 7 aromatic carbocycles. The summed E-state index contributed by atoms with van der Waals surface area (Å²) < 4.78 is 0. The van der Waals surface area contributed by atoms with E-state index in [1.807, 2.05) is 0 Å². The Morgan fingerprint density at radius 1 is 0.318 bits per heavy atom. The van der Waals surface area contributed by atoms with Gasteiger partial charge in [0.1, 0.15) is 0 Å². The van der Waals surface area contributed by atoms with Gasteiger partial charge in [-0.3, -0.25) is 0 Å². The van der Waals surface area contributed by atoms with E-state index in [-0.39, 0.29) is 0 Å². The van der Waals surface area contributed by atoms with Gasteiger partial charge >= 0.3 is 0 Å². The third kappa shape index (κ3) is 4.09. The van der Waals surface area contributed by atoms with Crippen molar-refractivity contribution < 1.29 is 0 Å². The van der Waals surface area contributed by atoms with Gasteiger partial charge in [0.15, 0.2) is 0 Å². The van der Waals surface area contributed by atoms with Gasteiger partial charge in [0.05, 0.1) is 11.1 Å². The van der Waals surface area contributed by atoms with Gasteiger partial charge in [-0.15, -0.1) is 0 Å². The Morgan fingerprint density at radius 2 is 0.727 bits per heavy atom. The summed E-state index contributed by atoms with van der Waals surface area (Å²) in [6.07, 6.45) is 0. The molecule has 1 aliphatic carbocycles. The SMILES string of the molecule is c1ccc(N(c2ccccc2)c2ccccc2-c2ccc(C3(c4ccccc4)c4ccccc4-c4ccccc43)cc2)cc1. The Labute approximate surface area is 259 Å². The second kappa shape index (κ2) is 10.9. The van der Waals surface area contributed by atoms with Gasteiger partial charge < -0.3 is 4.90 Å². The summed E-state index contributed by atoms with van der Waals surface area (Å²) in [4.78, 5) is 2.35. The van der Waals surface area contributed by atoms with E-state index in [9.17, 15) is 0 Å². The number of anilines is 3. The molecule has 0 spiro atoms. The van der Waals surface area contributed by atoms with Gasteiger partial charge in [-0.2, -0.15) is 0 Å². The number of hydrogen-bond acceptors (Lipinski definition) is 1. The predicted molar refractivity (Wildman–Crippen MR) is 184 cm³/mol. The van der Waals surface area contributed by atoms with Crippen LogP contribution in [-0.4, -0.2) is 0 Å². The first-order chi connectivity index (χ1) is 21.9. The van der Waals surface area contributed by atoms with Crippen LogP contribution in [0.4, 0.5) is 17.1 Å². The Bertz CT molecular complexity index is 1960. The van der Waals surface area contributed by atoms with Crippen molar-refractivity contribution in [3.05, 3.63) is 210 Å². The number of benzene rings is 7. The minimum Gasteiger partial charge on any atom is -0.310 e. The van der Waals surface area contributed by atoms with Crippen LogP contribution in [0.1, 0.15) is 22.3 Å². The lowest BCUT2D eigenvalue weighted by atomic mass is 9.67. The number of hydrogen-bond donors (Lipinski definition) is 0. The van der Waals surface area contributed by atoms with Crippen LogP contribution in [0.15, 0.2) is 188 Å². The smallest absolute Gasteiger partial charge is 0.0713 e. The lowest BCUT2D eigenvalue weighted by Crippen LogP contribution is -2.28. The van der Waals surface area contributed by atoms with Crippen molar-refractivity contribution in [3.8, 4) is 22.3 Å². The quantitative estimate of drug-likeness (QED) is 0.195. The van der Waals surface area contributed by atoms with Crippen LogP contribution in [0.2, 0.25) is 0 Å². The van der Waals surface area contributed by atoms with E-state index < -0.39 is 5.41 Å². The summed E-state index contributed by atoms with van der Waals surface area (Å²) in [6.45, 7) is 0. The first-order valence-corrected chi connectivity index (χ1v) is 15.2. The number of para-hydroxylation sites is 3. The summed E-state index contributed by atoms with van der Waals surface area (Å²) in [5.74, 6) is 0. The zero-order valence-electron chi connectivity index (χ0n) is 24.3. The van der Waals surface area contributed by atoms with Crippen molar-refractivity contribution in [2.24, 2.45) is 0 Å². The highest BCUT2D eigenvalue weighted by Crippen LogP contribution is 2.56. The largest absolute Gasteiger partial charge is 0.310 e. The highest BCUT2D eigenvalue weighted by atomic mass is 15.1. The highest BCUT2D eigenvalue weighted by Gasteiger charge is 2.45. The van der Waals surface area contributed by atoms with E-state index in [0.717, 1.165) is 17.1 Å². The lowest BCUT2D eigenvalue weighted by Gasteiger charge is -2.34. The van der Waals surface area contributed by atoms with E-state index in [1.54, 1.807) is 0 Å². The van der Waals surface area contributed by atoms with Gasteiger partial charge in [-0.05, 0) is 69.3 Å². The molecule has 0 radical (unpaired) electrons. The molecule has 7 aromatic rings. The van der Waals surface area contributed by atoms with E-state index in [4.69, 9.17) is 0 Å². The first kappa shape index (κ1) is 26.0. The molecule has 0 unspecified atom stereocenters. The van der Waals surface area contributed by atoms with Crippen molar-refractivity contribution in [1.82, 2.24) is 0 Å². The molecule has 0 bridgehead atoms. The number of fused-ring (bicyclic) bond motifs is 3. The van der Waals surface area contributed by atoms with Crippen molar-refractivity contribution in [2.75, 3.05) is 4.90 Å². The molecule has 0 fully saturated rings. The second-order valence-corrected chi connectivity index (χ2v) is 11.3. The fraction of sp³-hybridized carbons (Fsp3) is 0.0233. The topological polar surface area (TPSA) is 3.24 Å². The number of nitrogens with zero attached hydrogens (tertiary/aromatic N) is 1. The molecule has 1 nitrogen and oxygen atoms in total. The van der Waals surface area contributed by atoms with Crippen LogP contribution >= 0.6 is 0 Å². The molecular weight excluding hydrogens is 530 g/mol. The van der Waals surface area contributed by atoms with Crippen molar-refractivity contribution in [3.63, 3.8) is 0 Å². The van der Waals surface area contributed by atoms with Crippen LogP contribution in [0.3, 0.4) is 0 Å². The summed E-state index contributed by atoms with van der Waals surface area (Å²) in [5, 5.41) is 0. The molecule has 1 aliphatic rings. The molecule has 208 valence electrons. The standard InChI is InChI=1S/C43H31N/c1-4-16-33(17-5-1)43(40-25-13-10-23-38(40)39-24-11-14-26-41(39)43)34-30-28-32(29-31-34)37-22-12-15-27-42(37)44(35-18-6-2-7-19-35)36-20-8-3-9-21-36/h1-31H. The van der Waals surface area contributed by atoms with Crippen LogP contribution in [-0.2, 0) is 5.41 Å². The molecule has 8 rings (SSSR count). The van der Waals surface area contributed by atoms with Gasteiger partial charge in [-0.25, -0.2) is 0 Å². The number of rotatable bonds is 6. The van der Waals surface area contributed by atoms with Crippen LogP contribution in [0.5, 0.6) is 0 Å². The minimum atomic E-state index is -0.396. The molecule has 44 heavy (non-hydrogen) atoms. The maximum Gasteiger partial charge on any atom is 0.0713 e. The molecule has 0 amide bonds. The summed E-state index contributed by atoms with van der Waals surface area (Å²) in [7, 11) is 0. The van der Waals surface area contributed by atoms with Gasteiger partial charge in [0.2, 0.25) is 0 Å². The van der Waals surface area contributed by atoms with Crippen LogP contribution < -0.4 is 4.90 Å². The van der Waals surface area contributed by atoms with Crippen molar-refractivity contribution >= 4 is 17.1 Å². The Balaban J connectivity index is 1.31. The summed E-state index contributed by atoms with van der Waals surface area (Å²) in [5.41, 5.74) is 13.2. The lowest BCUT2D eigenvalue weighted by molar-refractivity contribution is 0.768. The fourth-order valence-electron chi connectivity index (χ4n) is 7.11. The molecule has 0 aliphatic heterocycles. The zero-order chi connectivity index (χ0) is 29.3. The Morgan fingerprint density at radius 3 is 1.27 bits per heavy atom. The van der Waals surface area contributed by atoms with Gasteiger partial charge in [-0.1, -0.05) is 158 Å². The monoisotopic (exact) mass is 561 g/mol. The van der Waals surface area contributed by atoms with Crippen molar-refractivity contribution in [1.29, 1.82) is 0 Å². The molecule has 0 saturated carbocycles. The fourth-order valence-corrected chi connectivity index (χ4v) is 7.11. The highest BCUT2D eigenvalue weighted by molar-refractivity contribution is 5.89. The zero-order valence-corrected chi connectivity index (χ0v) is 24.3. The van der Waals surface area contributed by atoms with Gasteiger partial charge in [0.25, 0.3) is 0 Å². The van der Waals surface area contributed by atoms with E-state index in [0.29, 0.717) is 0 Å². The third-order valence-electron chi connectivity index (χ3n) is 8.96.